The minimum atomic E-state index is -0.0267. The molecule has 0 unspecified atom stereocenters. The first-order valence-corrected chi connectivity index (χ1v) is 7.64. The van der Waals surface area contributed by atoms with Gasteiger partial charge in [-0.15, -0.1) is 0 Å². The van der Waals surface area contributed by atoms with E-state index in [4.69, 9.17) is 4.74 Å². The van der Waals surface area contributed by atoms with Gasteiger partial charge in [0.2, 0.25) is 5.91 Å². The van der Waals surface area contributed by atoms with Crippen LogP contribution in [0.1, 0.15) is 15.9 Å². The van der Waals surface area contributed by atoms with Gasteiger partial charge in [0.1, 0.15) is 6.61 Å². The van der Waals surface area contributed by atoms with Gasteiger partial charge in [-0.25, -0.2) is 0 Å². The van der Waals surface area contributed by atoms with Crippen LogP contribution in [0.25, 0.3) is 0 Å². The fourth-order valence-electron chi connectivity index (χ4n) is 2.34. The molecule has 1 aliphatic heterocycles. The number of carbonyl (C=O) groups excluding carboxylic acids is 2. The van der Waals surface area contributed by atoms with Crippen LogP contribution in [0.3, 0.4) is 0 Å². The highest BCUT2D eigenvalue weighted by molar-refractivity contribution is 9.10. The normalized spacial score (nSPS) is 15.2. The van der Waals surface area contributed by atoms with Crippen molar-refractivity contribution in [3.8, 4) is 0 Å². The quantitative estimate of drug-likeness (QED) is 0.829. The number of amides is 2. The highest BCUT2D eigenvalue weighted by Crippen LogP contribution is 2.20. The summed E-state index contributed by atoms with van der Waals surface area (Å²) in [6.07, 6.45) is 0. The molecule has 2 amide bonds. The molecule has 1 aliphatic rings. The highest BCUT2D eigenvalue weighted by Gasteiger charge is 2.25. The number of rotatable bonds is 3. The van der Waals surface area contributed by atoms with E-state index in [1.807, 2.05) is 25.1 Å². The Hall–Kier alpha value is -1.40. The van der Waals surface area contributed by atoms with Gasteiger partial charge in [-0.1, -0.05) is 6.07 Å². The maximum atomic E-state index is 12.5. The van der Waals surface area contributed by atoms with Gasteiger partial charge in [-0.05, 0) is 40.5 Å². The van der Waals surface area contributed by atoms with Gasteiger partial charge in [0, 0.05) is 37.8 Å². The molecule has 6 heteroatoms. The standard InChI is InChI=1S/C15H19BrN2O3/c1-11-3-4-12(13(16)9-11)15(20)18-7-5-17(6-8-18)14(19)10-21-2/h3-4,9H,5-8,10H2,1-2H3. The fourth-order valence-corrected chi connectivity index (χ4v) is 3.00. The Bertz CT molecular complexity index is 540. The van der Waals surface area contributed by atoms with Crippen molar-refractivity contribution in [1.82, 2.24) is 9.80 Å². The first kappa shape index (κ1) is 16.0. The molecule has 1 aromatic rings. The minimum absolute atomic E-state index is 0.000663. The SMILES string of the molecule is COCC(=O)N1CCN(C(=O)c2ccc(C)cc2Br)CC1. The lowest BCUT2D eigenvalue weighted by atomic mass is 10.1. The third-order valence-electron chi connectivity index (χ3n) is 3.54. The van der Waals surface area contributed by atoms with Crippen LogP contribution in [0.15, 0.2) is 22.7 Å². The summed E-state index contributed by atoms with van der Waals surface area (Å²) in [6, 6.07) is 5.70. The number of aryl methyl sites for hydroxylation is 1. The first-order chi connectivity index (χ1) is 10.0. The van der Waals surface area contributed by atoms with Crippen LogP contribution in [0.5, 0.6) is 0 Å². The molecule has 0 saturated carbocycles. The number of ether oxygens (including phenoxy) is 1. The largest absolute Gasteiger partial charge is 0.375 e. The van der Waals surface area contributed by atoms with E-state index in [1.165, 1.54) is 7.11 Å². The van der Waals surface area contributed by atoms with E-state index in [0.717, 1.165) is 10.0 Å². The molecule has 5 nitrogen and oxygen atoms in total. The molecule has 0 spiro atoms. The van der Waals surface area contributed by atoms with Crippen LogP contribution in [0, 0.1) is 6.92 Å². The summed E-state index contributed by atoms with van der Waals surface area (Å²) in [4.78, 5) is 27.7. The third-order valence-corrected chi connectivity index (χ3v) is 4.20. The lowest BCUT2D eigenvalue weighted by Gasteiger charge is -2.34. The van der Waals surface area contributed by atoms with E-state index in [0.29, 0.717) is 31.7 Å². The average molecular weight is 355 g/mol. The molecular formula is C15H19BrN2O3. The molecule has 0 N–H and O–H groups in total. The number of benzene rings is 1. The van der Waals surface area contributed by atoms with Crippen LogP contribution in [-0.2, 0) is 9.53 Å². The molecule has 114 valence electrons. The molecule has 1 fully saturated rings. The molecule has 2 rings (SSSR count). The van der Waals surface area contributed by atoms with Crippen LogP contribution in [-0.4, -0.2) is 61.5 Å². The Balaban J connectivity index is 1.98. The Morgan fingerprint density at radius 3 is 2.38 bits per heavy atom. The van der Waals surface area contributed by atoms with E-state index < -0.39 is 0 Å². The second kappa shape index (κ2) is 7.04. The molecule has 1 aromatic carbocycles. The summed E-state index contributed by atoms with van der Waals surface area (Å²) in [5, 5.41) is 0. The molecule has 1 heterocycles. The van der Waals surface area contributed by atoms with Crippen molar-refractivity contribution in [3.63, 3.8) is 0 Å². The van der Waals surface area contributed by atoms with Gasteiger partial charge >= 0.3 is 0 Å². The van der Waals surface area contributed by atoms with E-state index >= 15 is 0 Å². The lowest BCUT2D eigenvalue weighted by molar-refractivity contribution is -0.136. The Labute approximate surface area is 133 Å². The molecule has 0 atom stereocenters. The highest BCUT2D eigenvalue weighted by atomic mass is 79.9. The number of methoxy groups -OCH3 is 1. The maximum absolute atomic E-state index is 12.5. The van der Waals surface area contributed by atoms with Crippen molar-refractivity contribution >= 4 is 27.7 Å². The predicted molar refractivity (Wildman–Crippen MR) is 83.2 cm³/mol. The number of hydrogen-bond donors (Lipinski definition) is 0. The van der Waals surface area contributed by atoms with Gasteiger partial charge in [0.15, 0.2) is 0 Å². The summed E-state index contributed by atoms with van der Waals surface area (Å²) < 4.78 is 5.66. The van der Waals surface area contributed by atoms with E-state index in [2.05, 4.69) is 15.9 Å². The smallest absolute Gasteiger partial charge is 0.255 e. The van der Waals surface area contributed by atoms with Crippen molar-refractivity contribution in [2.75, 3.05) is 39.9 Å². The second-order valence-electron chi connectivity index (χ2n) is 5.09. The molecule has 0 aliphatic carbocycles. The molecule has 21 heavy (non-hydrogen) atoms. The molecule has 0 aromatic heterocycles. The van der Waals surface area contributed by atoms with Crippen LogP contribution < -0.4 is 0 Å². The predicted octanol–water partition coefficient (Wildman–Crippen LogP) is 1.69. The fraction of sp³-hybridized carbons (Fsp3) is 0.467. The summed E-state index contributed by atoms with van der Waals surface area (Å²) in [6.45, 7) is 4.29. The van der Waals surface area contributed by atoms with Crippen molar-refractivity contribution in [1.29, 1.82) is 0 Å². The number of hydrogen-bond acceptors (Lipinski definition) is 3. The maximum Gasteiger partial charge on any atom is 0.255 e. The lowest BCUT2D eigenvalue weighted by Crippen LogP contribution is -2.51. The zero-order valence-corrected chi connectivity index (χ0v) is 13.9. The molecule has 1 saturated heterocycles. The molecule has 0 bridgehead atoms. The first-order valence-electron chi connectivity index (χ1n) is 6.85. The van der Waals surface area contributed by atoms with Crippen LogP contribution in [0.4, 0.5) is 0 Å². The summed E-state index contributed by atoms with van der Waals surface area (Å²) >= 11 is 3.44. The Morgan fingerprint density at radius 1 is 1.19 bits per heavy atom. The average Bonchev–Trinajstić information content (AvgIpc) is 2.47. The van der Waals surface area contributed by atoms with E-state index in [-0.39, 0.29) is 18.4 Å². The van der Waals surface area contributed by atoms with Gasteiger partial charge in [0.05, 0.1) is 5.56 Å². The molecule has 0 radical (unpaired) electrons. The Kier molecular flexibility index (Phi) is 5.36. The van der Waals surface area contributed by atoms with Crippen molar-refractivity contribution in [2.45, 2.75) is 6.92 Å². The van der Waals surface area contributed by atoms with Gasteiger partial charge in [-0.3, -0.25) is 9.59 Å². The summed E-state index contributed by atoms with van der Waals surface area (Å²) in [5.74, 6) is -0.0261. The number of halogens is 1. The third kappa shape index (κ3) is 3.83. The minimum Gasteiger partial charge on any atom is -0.375 e. The van der Waals surface area contributed by atoms with Crippen LogP contribution in [0.2, 0.25) is 0 Å². The topological polar surface area (TPSA) is 49.9 Å². The molecular weight excluding hydrogens is 336 g/mol. The van der Waals surface area contributed by atoms with E-state index in [1.54, 1.807) is 9.80 Å². The van der Waals surface area contributed by atoms with Crippen molar-refractivity contribution in [3.05, 3.63) is 33.8 Å². The monoisotopic (exact) mass is 354 g/mol. The van der Waals surface area contributed by atoms with E-state index in [9.17, 15) is 9.59 Å². The van der Waals surface area contributed by atoms with Gasteiger partial charge in [0.25, 0.3) is 5.91 Å². The van der Waals surface area contributed by atoms with Crippen molar-refractivity contribution < 1.29 is 14.3 Å². The van der Waals surface area contributed by atoms with Gasteiger partial charge < -0.3 is 14.5 Å². The zero-order valence-electron chi connectivity index (χ0n) is 12.3. The Morgan fingerprint density at radius 2 is 1.81 bits per heavy atom. The van der Waals surface area contributed by atoms with Crippen molar-refractivity contribution in [2.24, 2.45) is 0 Å². The second-order valence-corrected chi connectivity index (χ2v) is 5.94. The zero-order chi connectivity index (χ0) is 15.4. The van der Waals surface area contributed by atoms with Gasteiger partial charge in [-0.2, -0.15) is 0 Å². The number of carbonyl (C=O) groups is 2. The number of nitrogens with zero attached hydrogens (tertiary/aromatic N) is 2. The number of piperazine rings is 1. The summed E-state index contributed by atoms with van der Waals surface area (Å²) in [5.41, 5.74) is 1.77. The van der Waals surface area contributed by atoms with Crippen LogP contribution >= 0.6 is 15.9 Å². The summed E-state index contributed by atoms with van der Waals surface area (Å²) in [7, 11) is 1.51.